The number of benzene rings is 2. The van der Waals surface area contributed by atoms with Gasteiger partial charge >= 0.3 is 0 Å². The molecule has 1 saturated heterocycles. The molecule has 0 unspecified atom stereocenters. The topological polar surface area (TPSA) is 62.2 Å². The third-order valence-corrected chi connectivity index (χ3v) is 5.88. The summed E-state index contributed by atoms with van der Waals surface area (Å²) in [7, 11) is 0. The molecule has 5 rings (SSSR count). The molecular weight excluding hydrogens is 405 g/mol. The Balaban J connectivity index is 1.51. The van der Waals surface area contributed by atoms with Crippen LogP contribution < -0.4 is 10.6 Å². The van der Waals surface area contributed by atoms with E-state index in [0.717, 1.165) is 41.6 Å². The quantitative estimate of drug-likeness (QED) is 0.667. The molecule has 1 aromatic heterocycles. The molecule has 3 heterocycles. The maximum absolute atomic E-state index is 13.5. The Hall–Kier alpha value is -2.90. The first-order valence-electron chi connectivity index (χ1n) is 9.98. The molecule has 6 nitrogen and oxygen atoms in total. The highest BCUT2D eigenvalue weighted by Crippen LogP contribution is 2.33. The Bertz CT molecular complexity index is 1080. The summed E-state index contributed by atoms with van der Waals surface area (Å²) in [6.45, 7) is 2.60. The molecule has 0 saturated carbocycles. The van der Waals surface area contributed by atoms with Crippen LogP contribution in [0.1, 0.15) is 12.2 Å². The predicted molar refractivity (Wildman–Crippen MR) is 114 cm³/mol. The highest BCUT2D eigenvalue weighted by Gasteiger charge is 2.32. The Morgan fingerprint density at radius 2 is 1.87 bits per heavy atom. The van der Waals surface area contributed by atoms with Crippen LogP contribution in [0.5, 0.6) is 0 Å². The monoisotopic (exact) mass is 425 g/mol. The van der Waals surface area contributed by atoms with Gasteiger partial charge in [-0.05, 0) is 61.5 Å². The maximum Gasteiger partial charge on any atom is 0.240 e. The minimum Gasteiger partial charge on any atom is -0.340 e. The van der Waals surface area contributed by atoms with Crippen LogP contribution in [-0.4, -0.2) is 39.5 Å². The molecule has 0 radical (unpaired) electrons. The van der Waals surface area contributed by atoms with E-state index in [-0.39, 0.29) is 17.8 Å². The summed E-state index contributed by atoms with van der Waals surface area (Å²) in [5, 5.41) is 7.28. The first-order chi connectivity index (χ1) is 14.6. The molecule has 1 amide bonds. The van der Waals surface area contributed by atoms with Crippen molar-refractivity contribution in [1.82, 2.24) is 19.8 Å². The lowest BCUT2D eigenvalue weighted by molar-refractivity contribution is -0.136. The fourth-order valence-electron chi connectivity index (χ4n) is 3.84. The van der Waals surface area contributed by atoms with Crippen molar-refractivity contribution in [3.8, 4) is 11.3 Å². The average molecular weight is 426 g/mol. The SMILES string of the molecule is O=C([C@@H]1CCN1)N1CCn2c(nc(-c3ccc(F)cc3)c2Nc2ccc(Cl)cc2)C1. The van der Waals surface area contributed by atoms with Gasteiger partial charge in [0.1, 0.15) is 23.2 Å². The fraction of sp³-hybridized carbons (Fsp3) is 0.273. The summed E-state index contributed by atoms with van der Waals surface area (Å²) in [6.07, 6.45) is 0.883. The van der Waals surface area contributed by atoms with Gasteiger partial charge in [-0.1, -0.05) is 11.6 Å². The van der Waals surface area contributed by atoms with E-state index in [0.29, 0.717) is 24.7 Å². The zero-order valence-corrected chi connectivity index (χ0v) is 17.0. The minimum absolute atomic E-state index is 0.0743. The zero-order chi connectivity index (χ0) is 20.7. The summed E-state index contributed by atoms with van der Waals surface area (Å²) in [6, 6.07) is 13.7. The molecule has 8 heteroatoms. The molecule has 2 aromatic carbocycles. The molecule has 0 aliphatic carbocycles. The lowest BCUT2D eigenvalue weighted by Gasteiger charge is -2.35. The second kappa shape index (κ2) is 7.74. The van der Waals surface area contributed by atoms with Gasteiger partial charge in [-0.25, -0.2) is 9.37 Å². The number of hydrogen-bond acceptors (Lipinski definition) is 4. The second-order valence-electron chi connectivity index (χ2n) is 7.57. The van der Waals surface area contributed by atoms with Gasteiger partial charge in [0.15, 0.2) is 0 Å². The number of fused-ring (bicyclic) bond motifs is 1. The second-order valence-corrected chi connectivity index (χ2v) is 8.01. The molecule has 2 N–H and O–H groups in total. The van der Waals surface area contributed by atoms with E-state index < -0.39 is 0 Å². The van der Waals surface area contributed by atoms with Crippen LogP contribution in [0, 0.1) is 5.82 Å². The molecule has 30 heavy (non-hydrogen) atoms. The highest BCUT2D eigenvalue weighted by atomic mass is 35.5. The smallest absolute Gasteiger partial charge is 0.240 e. The number of carbonyl (C=O) groups is 1. The number of nitrogens with zero attached hydrogens (tertiary/aromatic N) is 3. The first kappa shape index (κ1) is 19.1. The molecule has 0 bridgehead atoms. The van der Waals surface area contributed by atoms with Gasteiger partial charge in [0.2, 0.25) is 5.91 Å². The van der Waals surface area contributed by atoms with Crippen molar-refractivity contribution in [2.24, 2.45) is 0 Å². The van der Waals surface area contributed by atoms with Crippen molar-refractivity contribution in [1.29, 1.82) is 0 Å². The highest BCUT2D eigenvalue weighted by molar-refractivity contribution is 6.30. The van der Waals surface area contributed by atoms with Crippen molar-refractivity contribution in [2.75, 3.05) is 18.4 Å². The number of imidazole rings is 1. The maximum atomic E-state index is 13.5. The zero-order valence-electron chi connectivity index (χ0n) is 16.2. The van der Waals surface area contributed by atoms with Crippen molar-refractivity contribution in [2.45, 2.75) is 25.6 Å². The van der Waals surface area contributed by atoms with Gasteiger partial charge < -0.3 is 20.1 Å². The Kier molecular flexibility index (Phi) is 4.92. The number of carbonyl (C=O) groups excluding carboxylic acids is 1. The minimum atomic E-state index is -0.292. The largest absolute Gasteiger partial charge is 0.340 e. The Morgan fingerprint density at radius 1 is 1.13 bits per heavy atom. The van der Waals surface area contributed by atoms with E-state index in [9.17, 15) is 9.18 Å². The van der Waals surface area contributed by atoms with Gasteiger partial charge in [-0.3, -0.25) is 4.79 Å². The number of anilines is 2. The summed E-state index contributed by atoms with van der Waals surface area (Å²) in [5.41, 5.74) is 2.42. The summed E-state index contributed by atoms with van der Waals surface area (Å²) in [5.74, 6) is 1.48. The number of nitrogens with one attached hydrogen (secondary N) is 2. The number of amides is 1. The van der Waals surface area contributed by atoms with Gasteiger partial charge in [0, 0.05) is 29.4 Å². The van der Waals surface area contributed by atoms with Crippen LogP contribution in [0.3, 0.4) is 0 Å². The standard InChI is InChI=1S/C22H21ClFN5O/c23-15-3-7-17(8-4-15)26-21-20(14-1-5-16(24)6-2-14)27-19-13-28(11-12-29(19)21)22(30)18-9-10-25-18/h1-8,18,25-26H,9-13H2/t18-/m0/s1. The van der Waals surface area contributed by atoms with Gasteiger partial charge in [0.25, 0.3) is 0 Å². The average Bonchev–Trinajstić information content (AvgIpc) is 3.06. The van der Waals surface area contributed by atoms with Crippen LogP contribution in [0.25, 0.3) is 11.3 Å². The number of hydrogen-bond donors (Lipinski definition) is 2. The fourth-order valence-corrected chi connectivity index (χ4v) is 3.97. The number of aromatic nitrogens is 2. The lowest BCUT2D eigenvalue weighted by Crippen LogP contribution is -2.55. The third-order valence-electron chi connectivity index (χ3n) is 5.63. The normalized spacial score (nSPS) is 17.9. The van der Waals surface area contributed by atoms with Crippen LogP contribution in [0.4, 0.5) is 15.9 Å². The van der Waals surface area contributed by atoms with E-state index in [1.165, 1.54) is 12.1 Å². The molecule has 1 fully saturated rings. The lowest BCUT2D eigenvalue weighted by atomic mass is 10.1. The summed E-state index contributed by atoms with van der Waals surface area (Å²) < 4.78 is 15.6. The Morgan fingerprint density at radius 3 is 2.53 bits per heavy atom. The number of rotatable bonds is 4. The van der Waals surface area contributed by atoms with E-state index in [2.05, 4.69) is 15.2 Å². The van der Waals surface area contributed by atoms with Crippen molar-refractivity contribution < 1.29 is 9.18 Å². The molecule has 0 spiro atoms. The van der Waals surface area contributed by atoms with Crippen molar-refractivity contribution in [3.05, 3.63) is 65.2 Å². The summed E-state index contributed by atoms with van der Waals surface area (Å²) >= 11 is 6.02. The summed E-state index contributed by atoms with van der Waals surface area (Å²) in [4.78, 5) is 19.4. The predicted octanol–water partition coefficient (Wildman–Crippen LogP) is 3.79. The number of halogens is 2. The molecule has 154 valence electrons. The van der Waals surface area contributed by atoms with Crippen molar-refractivity contribution in [3.63, 3.8) is 0 Å². The molecule has 2 aliphatic rings. The van der Waals surface area contributed by atoms with Crippen LogP contribution in [-0.2, 0) is 17.9 Å². The van der Waals surface area contributed by atoms with Gasteiger partial charge in [-0.15, -0.1) is 0 Å². The molecule has 2 aliphatic heterocycles. The van der Waals surface area contributed by atoms with E-state index in [4.69, 9.17) is 16.6 Å². The van der Waals surface area contributed by atoms with Crippen LogP contribution in [0.15, 0.2) is 48.5 Å². The van der Waals surface area contributed by atoms with Crippen LogP contribution in [0.2, 0.25) is 5.02 Å². The molecule has 1 atom stereocenters. The van der Waals surface area contributed by atoms with E-state index in [1.54, 1.807) is 12.1 Å². The Labute approximate surface area is 178 Å². The van der Waals surface area contributed by atoms with Gasteiger partial charge in [-0.2, -0.15) is 0 Å². The van der Waals surface area contributed by atoms with Crippen LogP contribution >= 0.6 is 11.6 Å². The van der Waals surface area contributed by atoms with E-state index >= 15 is 0 Å². The third kappa shape index (κ3) is 3.55. The van der Waals surface area contributed by atoms with Gasteiger partial charge in [0.05, 0.1) is 12.6 Å². The van der Waals surface area contributed by atoms with Crippen molar-refractivity contribution >= 4 is 29.0 Å². The first-order valence-corrected chi connectivity index (χ1v) is 10.4. The molecule has 3 aromatic rings. The molecular formula is C22H21ClFN5O. The van der Waals surface area contributed by atoms with E-state index in [1.807, 2.05) is 29.2 Å².